The highest BCUT2D eigenvalue weighted by Crippen LogP contribution is 2.36. The second-order valence-electron chi connectivity index (χ2n) is 8.11. The first-order valence-electron chi connectivity index (χ1n) is 8.99. The Morgan fingerprint density at radius 3 is 2.50 bits per heavy atom. The van der Waals surface area contributed by atoms with Crippen LogP contribution >= 0.6 is 11.6 Å². The van der Waals surface area contributed by atoms with E-state index in [0.717, 1.165) is 13.0 Å². The Balaban J connectivity index is 2.83. The van der Waals surface area contributed by atoms with Crippen molar-refractivity contribution in [3.05, 3.63) is 22.7 Å². The summed E-state index contributed by atoms with van der Waals surface area (Å²) >= 11 is 6.34. The van der Waals surface area contributed by atoms with Crippen LogP contribution in [-0.4, -0.2) is 51.7 Å². The molecule has 0 aliphatic carbocycles. The Kier molecular flexibility index (Phi) is 8.71. The van der Waals surface area contributed by atoms with Gasteiger partial charge in [-0.2, -0.15) is 0 Å². The largest absolute Gasteiger partial charge is 0.493 e. The molecule has 0 spiro atoms. The van der Waals surface area contributed by atoms with Gasteiger partial charge in [0, 0.05) is 18.7 Å². The van der Waals surface area contributed by atoms with Gasteiger partial charge in [-0.3, -0.25) is 4.79 Å². The fraction of sp³-hybridized carbons (Fsp3) is 0.650. The molecule has 0 saturated carbocycles. The predicted molar refractivity (Wildman–Crippen MR) is 108 cm³/mol. The molecule has 0 aromatic heterocycles. The van der Waals surface area contributed by atoms with E-state index in [1.807, 2.05) is 14.1 Å². The SMILES string of the molecule is COc1cc(C(=O)NCC(C)(C)CN(C)C)cc(Cl)c1OCCC(C)C. The first kappa shape index (κ1) is 22.6. The first-order valence-corrected chi connectivity index (χ1v) is 9.37. The smallest absolute Gasteiger partial charge is 0.251 e. The second-order valence-corrected chi connectivity index (χ2v) is 8.51. The molecule has 0 aliphatic rings. The van der Waals surface area contributed by atoms with Gasteiger partial charge in [0.1, 0.15) is 0 Å². The number of hydrogen-bond acceptors (Lipinski definition) is 4. The van der Waals surface area contributed by atoms with Crippen molar-refractivity contribution in [2.45, 2.75) is 34.1 Å². The molecule has 0 atom stereocenters. The Hall–Kier alpha value is -1.46. The molecule has 1 amide bonds. The lowest BCUT2D eigenvalue weighted by atomic mass is 9.93. The van der Waals surface area contributed by atoms with Crippen molar-refractivity contribution >= 4 is 17.5 Å². The number of benzene rings is 1. The molecule has 1 aromatic rings. The van der Waals surface area contributed by atoms with Gasteiger partial charge in [0.15, 0.2) is 11.5 Å². The van der Waals surface area contributed by atoms with Crippen LogP contribution in [0.2, 0.25) is 5.02 Å². The quantitative estimate of drug-likeness (QED) is 0.660. The van der Waals surface area contributed by atoms with Gasteiger partial charge in [-0.15, -0.1) is 0 Å². The molecule has 148 valence electrons. The first-order chi connectivity index (χ1) is 12.1. The number of methoxy groups -OCH3 is 1. The standard InChI is InChI=1S/C20H33ClN2O3/c1-14(2)8-9-26-18-16(21)10-15(11-17(18)25-7)19(24)22-12-20(3,4)13-23(5)6/h10-11,14H,8-9,12-13H2,1-7H3,(H,22,24). The van der Waals surface area contributed by atoms with Crippen molar-refractivity contribution in [2.24, 2.45) is 11.3 Å². The fourth-order valence-corrected chi connectivity index (χ4v) is 2.99. The molecule has 6 heteroatoms. The monoisotopic (exact) mass is 384 g/mol. The highest BCUT2D eigenvalue weighted by atomic mass is 35.5. The molecule has 5 nitrogen and oxygen atoms in total. The number of amides is 1. The van der Waals surface area contributed by atoms with Crippen molar-refractivity contribution in [1.82, 2.24) is 10.2 Å². The number of ether oxygens (including phenoxy) is 2. The van der Waals surface area contributed by atoms with E-state index in [9.17, 15) is 4.79 Å². The van der Waals surface area contributed by atoms with Crippen molar-refractivity contribution in [3.8, 4) is 11.5 Å². The van der Waals surface area contributed by atoms with E-state index in [-0.39, 0.29) is 11.3 Å². The third kappa shape index (κ3) is 7.42. The molecule has 26 heavy (non-hydrogen) atoms. The lowest BCUT2D eigenvalue weighted by molar-refractivity contribution is 0.0929. The Morgan fingerprint density at radius 1 is 1.31 bits per heavy atom. The molecule has 0 radical (unpaired) electrons. The number of carbonyl (C=O) groups excluding carboxylic acids is 1. The Morgan fingerprint density at radius 2 is 1.96 bits per heavy atom. The van der Waals surface area contributed by atoms with Gasteiger partial charge in [0.05, 0.1) is 18.7 Å². The lowest BCUT2D eigenvalue weighted by Crippen LogP contribution is -2.40. The van der Waals surface area contributed by atoms with Crippen molar-refractivity contribution < 1.29 is 14.3 Å². The summed E-state index contributed by atoms with van der Waals surface area (Å²) in [7, 11) is 5.58. The number of carbonyl (C=O) groups is 1. The maximum Gasteiger partial charge on any atom is 0.251 e. The molecule has 1 aromatic carbocycles. The van der Waals surface area contributed by atoms with E-state index in [1.165, 1.54) is 0 Å². The van der Waals surface area contributed by atoms with Gasteiger partial charge in [-0.05, 0) is 44.0 Å². The molecular formula is C20H33ClN2O3. The zero-order chi connectivity index (χ0) is 19.9. The van der Waals surface area contributed by atoms with Crippen molar-refractivity contribution in [3.63, 3.8) is 0 Å². The molecule has 0 bridgehead atoms. The predicted octanol–water partition coefficient (Wildman–Crippen LogP) is 4.09. The molecule has 1 N–H and O–H groups in total. The molecule has 0 saturated heterocycles. The summed E-state index contributed by atoms with van der Waals surface area (Å²) in [5.74, 6) is 1.32. The van der Waals surface area contributed by atoms with Crippen LogP contribution in [0.1, 0.15) is 44.5 Å². The van der Waals surface area contributed by atoms with E-state index in [4.69, 9.17) is 21.1 Å². The van der Waals surface area contributed by atoms with Crippen LogP contribution in [0.5, 0.6) is 11.5 Å². The van der Waals surface area contributed by atoms with Crippen molar-refractivity contribution in [1.29, 1.82) is 0 Å². The van der Waals surface area contributed by atoms with Crippen LogP contribution in [0.3, 0.4) is 0 Å². The summed E-state index contributed by atoms with van der Waals surface area (Å²) < 4.78 is 11.1. The number of hydrogen-bond donors (Lipinski definition) is 1. The molecule has 1 rings (SSSR count). The van der Waals surface area contributed by atoms with Crippen molar-refractivity contribution in [2.75, 3.05) is 40.9 Å². The molecular weight excluding hydrogens is 352 g/mol. The summed E-state index contributed by atoms with van der Waals surface area (Å²) in [6.45, 7) is 10.5. The third-order valence-corrected chi connectivity index (χ3v) is 4.19. The van der Waals surface area contributed by atoms with Gasteiger partial charge in [-0.25, -0.2) is 0 Å². The number of rotatable bonds is 10. The highest BCUT2D eigenvalue weighted by Gasteiger charge is 2.21. The number of nitrogens with zero attached hydrogens (tertiary/aromatic N) is 1. The number of nitrogens with one attached hydrogen (secondary N) is 1. The average Bonchev–Trinajstić information content (AvgIpc) is 2.52. The van der Waals surface area contributed by atoms with Gasteiger partial charge in [0.2, 0.25) is 0 Å². The zero-order valence-corrected chi connectivity index (χ0v) is 17.9. The summed E-state index contributed by atoms with van der Waals surface area (Å²) in [5, 5.41) is 3.36. The maximum atomic E-state index is 12.5. The molecule has 0 heterocycles. The van der Waals surface area contributed by atoms with E-state index >= 15 is 0 Å². The highest BCUT2D eigenvalue weighted by molar-refractivity contribution is 6.32. The Labute approximate surface area is 163 Å². The summed E-state index contributed by atoms with van der Waals surface area (Å²) in [4.78, 5) is 14.6. The van der Waals surface area contributed by atoms with E-state index in [2.05, 4.69) is 37.9 Å². The van der Waals surface area contributed by atoms with Crippen LogP contribution < -0.4 is 14.8 Å². The zero-order valence-electron chi connectivity index (χ0n) is 17.1. The minimum atomic E-state index is -0.175. The maximum absolute atomic E-state index is 12.5. The van der Waals surface area contributed by atoms with Crippen LogP contribution in [0, 0.1) is 11.3 Å². The van der Waals surface area contributed by atoms with E-state index < -0.39 is 0 Å². The van der Waals surface area contributed by atoms with Gasteiger partial charge < -0.3 is 19.7 Å². The topological polar surface area (TPSA) is 50.8 Å². The minimum Gasteiger partial charge on any atom is -0.493 e. The Bertz CT molecular complexity index is 601. The summed E-state index contributed by atoms with van der Waals surface area (Å²) in [5.41, 5.74) is 0.427. The van der Waals surface area contributed by atoms with Gasteiger partial charge in [0.25, 0.3) is 5.91 Å². The fourth-order valence-electron chi connectivity index (χ4n) is 2.72. The van der Waals surface area contributed by atoms with Crippen LogP contribution in [0.15, 0.2) is 12.1 Å². The van der Waals surface area contributed by atoms with Crippen LogP contribution in [-0.2, 0) is 0 Å². The normalized spacial score (nSPS) is 11.8. The van der Waals surface area contributed by atoms with E-state index in [1.54, 1.807) is 19.2 Å². The van der Waals surface area contributed by atoms with Crippen LogP contribution in [0.4, 0.5) is 0 Å². The molecule has 0 unspecified atom stereocenters. The lowest BCUT2D eigenvalue weighted by Gasteiger charge is -2.28. The average molecular weight is 385 g/mol. The third-order valence-electron chi connectivity index (χ3n) is 3.90. The summed E-state index contributed by atoms with van der Waals surface area (Å²) in [6.07, 6.45) is 0.919. The summed E-state index contributed by atoms with van der Waals surface area (Å²) in [6, 6.07) is 3.30. The van der Waals surface area contributed by atoms with Crippen LogP contribution in [0.25, 0.3) is 0 Å². The molecule has 0 aliphatic heterocycles. The minimum absolute atomic E-state index is 0.0348. The number of halogens is 1. The van der Waals surface area contributed by atoms with E-state index in [0.29, 0.717) is 41.2 Å². The van der Waals surface area contributed by atoms with Gasteiger partial charge in [-0.1, -0.05) is 39.3 Å². The second kappa shape index (κ2) is 10.0. The van der Waals surface area contributed by atoms with Gasteiger partial charge >= 0.3 is 0 Å². The molecule has 0 fully saturated rings.